The number of hydrogen-bond acceptors (Lipinski definition) is 4. The van der Waals surface area contributed by atoms with Gasteiger partial charge in [-0.3, -0.25) is 9.80 Å². The van der Waals surface area contributed by atoms with Crippen LogP contribution in [0.15, 0.2) is 18.2 Å². The number of piperazine rings is 1. The van der Waals surface area contributed by atoms with E-state index in [9.17, 15) is 8.78 Å². The minimum Gasteiger partial charge on any atom is -0.434 e. The van der Waals surface area contributed by atoms with E-state index < -0.39 is 6.61 Å². The molecule has 118 valence electrons. The first-order chi connectivity index (χ1) is 10.1. The molecule has 0 saturated carbocycles. The van der Waals surface area contributed by atoms with Gasteiger partial charge in [0.2, 0.25) is 0 Å². The molecule has 0 unspecified atom stereocenters. The Morgan fingerprint density at radius 1 is 1.19 bits per heavy atom. The summed E-state index contributed by atoms with van der Waals surface area (Å²) in [5.74, 6) is 0.173. The Bertz CT molecular complexity index is 455. The van der Waals surface area contributed by atoms with Gasteiger partial charge in [-0.25, -0.2) is 0 Å². The molecule has 1 aliphatic rings. The van der Waals surface area contributed by atoms with Gasteiger partial charge in [0.1, 0.15) is 5.75 Å². The van der Waals surface area contributed by atoms with Crippen LogP contribution in [0.2, 0.25) is 5.02 Å². The number of β-amino-alcohol motifs (C(OH)–C–C–N with tert-alkyl or cyclic N) is 1. The molecule has 1 aliphatic heterocycles. The molecule has 7 heteroatoms. The van der Waals surface area contributed by atoms with E-state index in [4.69, 9.17) is 16.7 Å². The third-order valence-corrected chi connectivity index (χ3v) is 3.75. The van der Waals surface area contributed by atoms with E-state index in [2.05, 4.69) is 14.5 Å². The number of alkyl halides is 2. The van der Waals surface area contributed by atoms with Crippen molar-refractivity contribution in [2.24, 2.45) is 0 Å². The van der Waals surface area contributed by atoms with E-state index in [1.165, 1.54) is 6.07 Å². The number of halogens is 3. The lowest BCUT2D eigenvalue weighted by Gasteiger charge is -2.34. The normalized spacial score (nSPS) is 17.4. The zero-order chi connectivity index (χ0) is 15.2. The highest BCUT2D eigenvalue weighted by Gasteiger charge is 2.19. The van der Waals surface area contributed by atoms with Crippen LogP contribution in [0.3, 0.4) is 0 Å². The van der Waals surface area contributed by atoms with Gasteiger partial charge < -0.3 is 9.84 Å². The van der Waals surface area contributed by atoms with E-state index in [1.54, 1.807) is 12.1 Å². The topological polar surface area (TPSA) is 35.9 Å². The summed E-state index contributed by atoms with van der Waals surface area (Å²) in [5, 5.41) is 9.42. The molecule has 0 bridgehead atoms. The van der Waals surface area contributed by atoms with Gasteiger partial charge in [-0.15, -0.1) is 0 Å². The van der Waals surface area contributed by atoms with Crippen molar-refractivity contribution >= 4 is 11.6 Å². The van der Waals surface area contributed by atoms with Gasteiger partial charge in [-0.1, -0.05) is 11.6 Å². The summed E-state index contributed by atoms with van der Waals surface area (Å²) in [6.45, 7) is 1.85. The molecular weight excluding hydrogens is 302 g/mol. The number of aliphatic hydroxyl groups excluding tert-OH is 1. The van der Waals surface area contributed by atoms with Crippen molar-refractivity contribution in [3.63, 3.8) is 0 Å². The largest absolute Gasteiger partial charge is 0.434 e. The van der Waals surface area contributed by atoms with E-state index in [0.29, 0.717) is 23.7 Å². The Morgan fingerprint density at radius 3 is 2.48 bits per heavy atom. The third-order valence-electron chi connectivity index (χ3n) is 3.51. The molecule has 0 atom stereocenters. The average Bonchev–Trinajstić information content (AvgIpc) is 2.44. The van der Waals surface area contributed by atoms with Gasteiger partial charge in [-0.05, 0) is 18.2 Å². The van der Waals surface area contributed by atoms with E-state index in [1.807, 2.05) is 0 Å². The molecule has 4 nitrogen and oxygen atoms in total. The second-order valence-corrected chi connectivity index (χ2v) is 5.41. The maximum absolute atomic E-state index is 12.4. The predicted molar refractivity (Wildman–Crippen MR) is 76.9 cm³/mol. The molecule has 1 heterocycles. The van der Waals surface area contributed by atoms with Crippen molar-refractivity contribution in [1.29, 1.82) is 0 Å². The maximum Gasteiger partial charge on any atom is 0.387 e. The quantitative estimate of drug-likeness (QED) is 0.870. The predicted octanol–water partition coefficient (Wildman–Crippen LogP) is 2.05. The van der Waals surface area contributed by atoms with E-state index in [0.717, 1.165) is 26.2 Å². The monoisotopic (exact) mass is 320 g/mol. The molecule has 0 aromatic heterocycles. The molecule has 0 radical (unpaired) electrons. The number of rotatable bonds is 6. The maximum atomic E-state index is 12.4. The van der Waals surface area contributed by atoms with Gasteiger partial charge in [-0.2, -0.15) is 8.78 Å². The van der Waals surface area contributed by atoms with Gasteiger partial charge in [0.05, 0.1) is 6.61 Å². The lowest BCUT2D eigenvalue weighted by Crippen LogP contribution is -2.46. The molecule has 0 amide bonds. The molecule has 1 fully saturated rings. The van der Waals surface area contributed by atoms with Crippen molar-refractivity contribution in [2.75, 3.05) is 39.3 Å². The average molecular weight is 321 g/mol. The number of ether oxygens (including phenoxy) is 1. The zero-order valence-electron chi connectivity index (χ0n) is 11.6. The van der Waals surface area contributed by atoms with Gasteiger partial charge in [0, 0.05) is 49.9 Å². The summed E-state index contributed by atoms with van der Waals surface area (Å²) in [6.07, 6.45) is 0. The van der Waals surface area contributed by atoms with Gasteiger partial charge in [0.15, 0.2) is 0 Å². The smallest absolute Gasteiger partial charge is 0.387 e. The summed E-state index contributed by atoms with van der Waals surface area (Å²) in [4.78, 5) is 4.34. The molecule has 1 N–H and O–H groups in total. The minimum atomic E-state index is -2.84. The standard InChI is InChI=1S/C14H19ClF2N2O2/c15-12-1-2-13(21-14(16)17)11(9-12)10-19-5-3-18(4-6-19)7-8-20/h1-2,9,14,20H,3-8,10H2. The second kappa shape index (κ2) is 7.89. The number of nitrogens with zero attached hydrogens (tertiary/aromatic N) is 2. The molecule has 1 aromatic rings. The summed E-state index contributed by atoms with van der Waals surface area (Å²) < 4.78 is 29.4. The fourth-order valence-corrected chi connectivity index (χ4v) is 2.63. The summed E-state index contributed by atoms with van der Waals surface area (Å²) >= 11 is 5.94. The third kappa shape index (κ3) is 5.07. The van der Waals surface area contributed by atoms with E-state index in [-0.39, 0.29) is 12.4 Å². The zero-order valence-corrected chi connectivity index (χ0v) is 12.4. The first-order valence-electron chi connectivity index (χ1n) is 6.87. The molecular formula is C14H19ClF2N2O2. The van der Waals surface area contributed by atoms with Crippen LogP contribution < -0.4 is 4.74 Å². The Balaban J connectivity index is 1.97. The van der Waals surface area contributed by atoms with Crippen molar-refractivity contribution < 1.29 is 18.6 Å². The lowest BCUT2D eigenvalue weighted by molar-refractivity contribution is -0.0508. The molecule has 2 rings (SSSR count). The molecule has 21 heavy (non-hydrogen) atoms. The lowest BCUT2D eigenvalue weighted by atomic mass is 10.1. The molecule has 1 aromatic carbocycles. The highest BCUT2D eigenvalue weighted by atomic mass is 35.5. The fourth-order valence-electron chi connectivity index (χ4n) is 2.44. The number of hydrogen-bond donors (Lipinski definition) is 1. The molecule has 0 aliphatic carbocycles. The van der Waals surface area contributed by atoms with Crippen LogP contribution in [0, 0.1) is 0 Å². The Kier molecular flexibility index (Phi) is 6.17. The van der Waals surface area contributed by atoms with Crippen LogP contribution in [0.4, 0.5) is 8.78 Å². The van der Waals surface area contributed by atoms with Crippen LogP contribution in [0.25, 0.3) is 0 Å². The fraction of sp³-hybridized carbons (Fsp3) is 0.571. The SMILES string of the molecule is OCCN1CCN(Cc2cc(Cl)ccc2OC(F)F)CC1. The van der Waals surface area contributed by atoms with Crippen LogP contribution in [0.5, 0.6) is 5.75 Å². The first-order valence-corrected chi connectivity index (χ1v) is 7.25. The van der Waals surface area contributed by atoms with Crippen LogP contribution in [-0.4, -0.2) is 60.8 Å². The van der Waals surface area contributed by atoms with Crippen molar-refractivity contribution in [3.8, 4) is 5.75 Å². The Labute approximate surface area is 127 Å². The highest BCUT2D eigenvalue weighted by molar-refractivity contribution is 6.30. The van der Waals surface area contributed by atoms with Crippen molar-refractivity contribution in [2.45, 2.75) is 13.2 Å². The van der Waals surface area contributed by atoms with Crippen LogP contribution in [-0.2, 0) is 6.54 Å². The number of aliphatic hydroxyl groups is 1. The van der Waals surface area contributed by atoms with Gasteiger partial charge >= 0.3 is 6.61 Å². The van der Waals surface area contributed by atoms with Crippen molar-refractivity contribution in [1.82, 2.24) is 9.80 Å². The van der Waals surface area contributed by atoms with E-state index >= 15 is 0 Å². The Morgan fingerprint density at radius 2 is 1.86 bits per heavy atom. The number of benzene rings is 1. The van der Waals surface area contributed by atoms with Crippen LogP contribution in [0.1, 0.15) is 5.56 Å². The van der Waals surface area contributed by atoms with Crippen LogP contribution >= 0.6 is 11.6 Å². The summed E-state index contributed by atoms with van der Waals surface area (Å²) in [5.41, 5.74) is 0.665. The summed E-state index contributed by atoms with van der Waals surface area (Å²) in [7, 11) is 0. The second-order valence-electron chi connectivity index (χ2n) is 4.97. The minimum absolute atomic E-state index is 0.153. The molecule has 1 saturated heterocycles. The van der Waals surface area contributed by atoms with Crippen molar-refractivity contribution in [3.05, 3.63) is 28.8 Å². The summed E-state index contributed by atoms with van der Waals surface area (Å²) in [6, 6.07) is 4.69. The molecule has 0 spiro atoms. The Hall–Kier alpha value is -0.950. The first kappa shape index (κ1) is 16.4. The highest BCUT2D eigenvalue weighted by Crippen LogP contribution is 2.26. The van der Waals surface area contributed by atoms with Gasteiger partial charge in [0.25, 0.3) is 0 Å².